The molecule has 0 heterocycles. The van der Waals surface area contributed by atoms with E-state index in [0.29, 0.717) is 0 Å². The molecule has 0 bridgehead atoms. The maximum Gasteiger partial charge on any atom is 0.251 e. The predicted molar refractivity (Wildman–Crippen MR) is 83.2 cm³/mol. The van der Waals surface area contributed by atoms with Gasteiger partial charge in [0, 0.05) is 23.6 Å². The molecule has 0 saturated carbocycles. The molecule has 1 unspecified atom stereocenters. The van der Waals surface area contributed by atoms with Crippen LogP contribution in [0.3, 0.4) is 0 Å². The van der Waals surface area contributed by atoms with Crippen LogP contribution >= 0.6 is 0 Å². The molecule has 2 atom stereocenters. The lowest BCUT2D eigenvalue weighted by molar-refractivity contribution is -0.137. The van der Waals surface area contributed by atoms with E-state index >= 15 is 0 Å². The van der Waals surface area contributed by atoms with Gasteiger partial charge in [0.2, 0.25) is 5.91 Å². The molecule has 0 aliphatic heterocycles. The summed E-state index contributed by atoms with van der Waals surface area (Å²) in [6, 6.07) is 4.86. The van der Waals surface area contributed by atoms with Gasteiger partial charge in [-0.3, -0.25) is 9.59 Å². The molecular weight excluding hydrogens is 303 g/mol. The number of aliphatic hydroxyl groups excluding tert-OH is 2. The van der Waals surface area contributed by atoms with Gasteiger partial charge in [-0.1, -0.05) is 19.9 Å². The third kappa shape index (κ3) is 5.61. The summed E-state index contributed by atoms with van der Waals surface area (Å²) in [6.07, 6.45) is -1.36. The Morgan fingerprint density at radius 3 is 2.57 bits per heavy atom. The monoisotopic (exact) mass is 326 g/mol. The van der Waals surface area contributed by atoms with Crippen molar-refractivity contribution >= 4 is 11.8 Å². The number of nitrogens with one attached hydrogen (secondary N) is 2. The molecule has 0 aliphatic carbocycles. The lowest BCUT2D eigenvalue weighted by Gasteiger charge is -2.27. The fourth-order valence-electron chi connectivity index (χ4n) is 1.78. The van der Waals surface area contributed by atoms with Gasteiger partial charge in [-0.05, 0) is 25.1 Å². The van der Waals surface area contributed by atoms with E-state index in [-0.39, 0.29) is 18.7 Å². The number of carbonyl (C=O) groups is 2. The molecule has 128 valence electrons. The van der Waals surface area contributed by atoms with E-state index in [9.17, 15) is 19.1 Å². The summed E-state index contributed by atoms with van der Waals surface area (Å²) < 4.78 is 13.1. The number of carbonyl (C=O) groups excluding carboxylic acids is 2. The first kappa shape index (κ1) is 19.1. The zero-order valence-corrected chi connectivity index (χ0v) is 13.5. The largest absolute Gasteiger partial charge is 0.396 e. The lowest BCUT2D eigenvalue weighted by atomic mass is 9.87. The standard InChI is InChI=1S/C16H23FN2O4/c1-10(8-18-15(23)13(21)16(2,3)9-20)19-14(22)11-5-4-6-12(17)7-11/h4-7,10,13,20-21H,8-9H2,1-3H3,(H,18,23)(H,19,22)/t10-,13?/m0/s1. The number of hydrogen-bond donors (Lipinski definition) is 4. The summed E-state index contributed by atoms with van der Waals surface area (Å²) in [5.74, 6) is -1.59. The van der Waals surface area contributed by atoms with Crippen molar-refractivity contribution in [3.8, 4) is 0 Å². The van der Waals surface area contributed by atoms with Crippen molar-refractivity contribution in [1.29, 1.82) is 0 Å². The summed E-state index contributed by atoms with van der Waals surface area (Å²) in [5, 5.41) is 24.1. The van der Waals surface area contributed by atoms with Gasteiger partial charge in [-0.2, -0.15) is 0 Å². The van der Waals surface area contributed by atoms with Crippen LogP contribution in [0.15, 0.2) is 24.3 Å². The highest BCUT2D eigenvalue weighted by molar-refractivity contribution is 5.94. The molecule has 2 amide bonds. The number of rotatable bonds is 7. The molecule has 0 saturated heterocycles. The Morgan fingerprint density at radius 1 is 1.35 bits per heavy atom. The fraction of sp³-hybridized carbons (Fsp3) is 0.500. The van der Waals surface area contributed by atoms with Gasteiger partial charge in [0.1, 0.15) is 11.9 Å². The van der Waals surface area contributed by atoms with Crippen LogP contribution in [-0.2, 0) is 4.79 Å². The third-order valence-electron chi connectivity index (χ3n) is 3.44. The molecule has 1 aromatic rings. The Bertz CT molecular complexity index is 563. The molecule has 0 aromatic heterocycles. The first-order chi connectivity index (χ1) is 10.7. The molecule has 0 radical (unpaired) electrons. The van der Waals surface area contributed by atoms with Crippen molar-refractivity contribution in [2.75, 3.05) is 13.2 Å². The van der Waals surface area contributed by atoms with Gasteiger partial charge in [0.15, 0.2) is 0 Å². The number of halogens is 1. The topological polar surface area (TPSA) is 98.7 Å². The Kier molecular flexibility index (Phi) is 6.65. The first-order valence-corrected chi connectivity index (χ1v) is 7.30. The van der Waals surface area contributed by atoms with Crippen molar-refractivity contribution < 1.29 is 24.2 Å². The van der Waals surface area contributed by atoms with Gasteiger partial charge in [0.05, 0.1) is 6.61 Å². The highest BCUT2D eigenvalue weighted by atomic mass is 19.1. The van der Waals surface area contributed by atoms with Crippen LogP contribution in [-0.4, -0.2) is 47.3 Å². The minimum Gasteiger partial charge on any atom is -0.396 e. The molecular formula is C16H23FN2O4. The van der Waals surface area contributed by atoms with E-state index in [0.717, 1.165) is 6.07 Å². The zero-order valence-electron chi connectivity index (χ0n) is 13.5. The summed E-state index contributed by atoms with van der Waals surface area (Å²) in [7, 11) is 0. The van der Waals surface area contributed by atoms with Crippen molar-refractivity contribution in [2.24, 2.45) is 5.41 Å². The number of amides is 2. The summed E-state index contributed by atoms with van der Waals surface area (Å²) in [6.45, 7) is 4.55. The van der Waals surface area contributed by atoms with Crippen LogP contribution in [0.25, 0.3) is 0 Å². The maximum atomic E-state index is 13.1. The molecule has 23 heavy (non-hydrogen) atoms. The molecule has 1 aromatic carbocycles. The van der Waals surface area contributed by atoms with Gasteiger partial charge >= 0.3 is 0 Å². The van der Waals surface area contributed by atoms with Crippen molar-refractivity contribution in [2.45, 2.75) is 32.9 Å². The molecule has 0 fully saturated rings. The fourth-order valence-corrected chi connectivity index (χ4v) is 1.78. The molecule has 6 nitrogen and oxygen atoms in total. The van der Waals surface area contributed by atoms with Gasteiger partial charge < -0.3 is 20.8 Å². The van der Waals surface area contributed by atoms with Gasteiger partial charge in [-0.25, -0.2) is 4.39 Å². The minimum atomic E-state index is -1.36. The van der Waals surface area contributed by atoms with E-state index in [1.165, 1.54) is 18.2 Å². The van der Waals surface area contributed by atoms with Gasteiger partial charge in [-0.15, -0.1) is 0 Å². The highest BCUT2D eigenvalue weighted by Gasteiger charge is 2.32. The van der Waals surface area contributed by atoms with E-state index in [1.54, 1.807) is 20.8 Å². The van der Waals surface area contributed by atoms with Crippen LogP contribution in [0.4, 0.5) is 4.39 Å². The number of aliphatic hydroxyl groups is 2. The molecule has 7 heteroatoms. The minimum absolute atomic E-state index is 0.0957. The third-order valence-corrected chi connectivity index (χ3v) is 3.44. The molecule has 4 N–H and O–H groups in total. The Morgan fingerprint density at radius 2 is 2.00 bits per heavy atom. The lowest BCUT2D eigenvalue weighted by Crippen LogP contribution is -2.49. The number of hydrogen-bond acceptors (Lipinski definition) is 4. The van der Waals surface area contributed by atoms with E-state index in [2.05, 4.69) is 10.6 Å². The maximum absolute atomic E-state index is 13.1. The second kappa shape index (κ2) is 8.03. The van der Waals surface area contributed by atoms with Crippen molar-refractivity contribution in [1.82, 2.24) is 10.6 Å². The Labute approximate surface area is 134 Å². The molecule has 0 spiro atoms. The summed E-state index contributed by atoms with van der Waals surface area (Å²) >= 11 is 0. The second-order valence-electron chi connectivity index (χ2n) is 6.18. The zero-order chi connectivity index (χ0) is 17.6. The Balaban J connectivity index is 2.49. The van der Waals surface area contributed by atoms with Crippen LogP contribution in [0.1, 0.15) is 31.1 Å². The van der Waals surface area contributed by atoms with E-state index in [1.807, 2.05) is 0 Å². The predicted octanol–water partition coefficient (Wildman–Crippen LogP) is 0.440. The highest BCUT2D eigenvalue weighted by Crippen LogP contribution is 2.19. The second-order valence-corrected chi connectivity index (χ2v) is 6.18. The van der Waals surface area contributed by atoms with E-state index < -0.39 is 35.2 Å². The van der Waals surface area contributed by atoms with Gasteiger partial charge in [0.25, 0.3) is 5.91 Å². The average Bonchev–Trinajstić information content (AvgIpc) is 2.51. The molecule has 1 rings (SSSR count). The van der Waals surface area contributed by atoms with Crippen LogP contribution in [0, 0.1) is 11.2 Å². The SMILES string of the molecule is C[C@@H](CNC(=O)C(O)C(C)(C)CO)NC(=O)c1cccc(F)c1. The quantitative estimate of drug-likeness (QED) is 0.584. The van der Waals surface area contributed by atoms with Crippen molar-refractivity contribution in [3.63, 3.8) is 0 Å². The normalized spacial score (nSPS) is 14.0. The summed E-state index contributed by atoms with van der Waals surface area (Å²) in [5.41, 5.74) is -0.775. The number of benzene rings is 1. The van der Waals surface area contributed by atoms with E-state index in [4.69, 9.17) is 5.11 Å². The smallest absolute Gasteiger partial charge is 0.251 e. The summed E-state index contributed by atoms with van der Waals surface area (Å²) in [4.78, 5) is 23.7. The van der Waals surface area contributed by atoms with Crippen LogP contribution < -0.4 is 10.6 Å². The average molecular weight is 326 g/mol. The van der Waals surface area contributed by atoms with Crippen LogP contribution in [0.2, 0.25) is 0 Å². The Hall–Kier alpha value is -1.99. The van der Waals surface area contributed by atoms with Crippen LogP contribution in [0.5, 0.6) is 0 Å². The first-order valence-electron chi connectivity index (χ1n) is 7.30. The molecule has 0 aliphatic rings. The van der Waals surface area contributed by atoms with Crippen molar-refractivity contribution in [3.05, 3.63) is 35.6 Å².